The van der Waals surface area contributed by atoms with Crippen LogP contribution in [0.15, 0.2) is 51.7 Å². The summed E-state index contributed by atoms with van der Waals surface area (Å²) >= 11 is 1.30. The van der Waals surface area contributed by atoms with Crippen molar-refractivity contribution in [2.45, 2.75) is 52.4 Å². The average Bonchev–Trinajstić information content (AvgIpc) is 3.56. The predicted molar refractivity (Wildman–Crippen MR) is 148 cm³/mol. The lowest BCUT2D eigenvalue weighted by molar-refractivity contribution is 0.284. The van der Waals surface area contributed by atoms with E-state index in [1.54, 1.807) is 7.11 Å². The Bertz CT molecular complexity index is 1630. The average molecular weight is 518 g/mol. The molecule has 0 aliphatic rings. The van der Waals surface area contributed by atoms with Crippen LogP contribution < -0.4 is 19.6 Å². The molecule has 7 nitrogen and oxygen atoms in total. The maximum atomic E-state index is 13.1. The number of unbranched alkanes of at least 4 members (excludes halogenated alkanes) is 5. The van der Waals surface area contributed by atoms with Crippen molar-refractivity contribution in [3.63, 3.8) is 0 Å². The van der Waals surface area contributed by atoms with Gasteiger partial charge in [0.1, 0.15) is 5.58 Å². The van der Waals surface area contributed by atoms with E-state index in [2.05, 4.69) is 17.0 Å². The van der Waals surface area contributed by atoms with Crippen molar-refractivity contribution < 1.29 is 13.9 Å². The lowest BCUT2D eigenvalue weighted by Crippen LogP contribution is -2.23. The van der Waals surface area contributed by atoms with Crippen molar-refractivity contribution in [1.29, 1.82) is 0 Å². The highest BCUT2D eigenvalue weighted by molar-refractivity contribution is 7.15. The molecule has 0 amide bonds. The summed E-state index contributed by atoms with van der Waals surface area (Å²) in [6, 6.07) is 13.5. The Morgan fingerprint density at radius 1 is 1.05 bits per heavy atom. The van der Waals surface area contributed by atoms with Gasteiger partial charge in [-0.2, -0.15) is 9.50 Å². The molecule has 3 aromatic heterocycles. The van der Waals surface area contributed by atoms with Crippen LogP contribution >= 0.6 is 11.3 Å². The van der Waals surface area contributed by atoms with Gasteiger partial charge in [0.2, 0.25) is 10.8 Å². The number of aryl methyl sites for hydroxylation is 1. The minimum Gasteiger partial charge on any atom is -0.493 e. The molecule has 192 valence electrons. The summed E-state index contributed by atoms with van der Waals surface area (Å²) in [7, 11) is 1.63. The minimum atomic E-state index is -0.213. The third kappa shape index (κ3) is 5.25. The maximum absolute atomic E-state index is 13.1. The molecule has 0 saturated heterocycles. The molecule has 3 heterocycles. The third-order valence-electron chi connectivity index (χ3n) is 6.47. The fourth-order valence-electron chi connectivity index (χ4n) is 4.43. The van der Waals surface area contributed by atoms with E-state index in [1.165, 1.54) is 48.0 Å². The second-order valence-corrected chi connectivity index (χ2v) is 10.1. The van der Waals surface area contributed by atoms with Crippen LogP contribution in [-0.2, 0) is 0 Å². The van der Waals surface area contributed by atoms with E-state index in [9.17, 15) is 4.79 Å². The molecule has 0 N–H and O–H groups in total. The highest BCUT2D eigenvalue weighted by Crippen LogP contribution is 2.31. The molecule has 0 radical (unpaired) electrons. The van der Waals surface area contributed by atoms with Gasteiger partial charge < -0.3 is 13.9 Å². The van der Waals surface area contributed by atoms with Gasteiger partial charge in [-0.05, 0) is 43.2 Å². The normalized spacial score (nSPS) is 12.1. The van der Waals surface area contributed by atoms with Crippen molar-refractivity contribution in [2.75, 3.05) is 13.7 Å². The van der Waals surface area contributed by atoms with Crippen molar-refractivity contribution >= 4 is 33.3 Å². The van der Waals surface area contributed by atoms with Crippen molar-refractivity contribution in [1.82, 2.24) is 14.6 Å². The van der Waals surface area contributed by atoms with Gasteiger partial charge in [-0.3, -0.25) is 4.79 Å². The van der Waals surface area contributed by atoms with Gasteiger partial charge >= 0.3 is 0 Å². The number of methoxy groups -OCH3 is 1. The first-order chi connectivity index (χ1) is 18.1. The summed E-state index contributed by atoms with van der Waals surface area (Å²) < 4.78 is 19.4. The van der Waals surface area contributed by atoms with E-state index in [-0.39, 0.29) is 5.56 Å². The summed E-state index contributed by atoms with van der Waals surface area (Å²) in [6.07, 6.45) is 9.11. The second-order valence-electron chi connectivity index (χ2n) is 9.12. The Kier molecular flexibility index (Phi) is 7.55. The molecule has 0 aliphatic carbocycles. The van der Waals surface area contributed by atoms with Crippen LogP contribution in [0.1, 0.15) is 56.6 Å². The Morgan fingerprint density at radius 3 is 2.65 bits per heavy atom. The van der Waals surface area contributed by atoms with Crippen LogP contribution in [-0.4, -0.2) is 28.3 Å². The quantitative estimate of drug-likeness (QED) is 0.195. The van der Waals surface area contributed by atoms with Gasteiger partial charge in [-0.1, -0.05) is 74.6 Å². The molecule has 2 aromatic carbocycles. The molecular formula is C29H31N3O4S. The van der Waals surface area contributed by atoms with E-state index < -0.39 is 0 Å². The maximum Gasteiger partial charge on any atom is 0.291 e. The summed E-state index contributed by atoms with van der Waals surface area (Å²) in [5.41, 5.74) is 2.37. The Labute approximate surface area is 219 Å². The molecule has 0 saturated carbocycles. The van der Waals surface area contributed by atoms with Crippen LogP contribution in [0.2, 0.25) is 0 Å². The number of hydrogen-bond acceptors (Lipinski definition) is 7. The SMILES string of the molecule is CCCCCCCCOc1ccc(/C=c2/sc3nc(-c4oc5ccccc5c4C)nn3c2=O)cc1OC. The molecule has 0 aliphatic heterocycles. The van der Waals surface area contributed by atoms with Gasteiger partial charge in [0.25, 0.3) is 5.56 Å². The first-order valence-corrected chi connectivity index (χ1v) is 13.6. The molecule has 5 aromatic rings. The zero-order valence-corrected chi connectivity index (χ0v) is 22.3. The topological polar surface area (TPSA) is 78.9 Å². The number of hydrogen-bond donors (Lipinski definition) is 0. The van der Waals surface area contributed by atoms with Gasteiger partial charge in [0, 0.05) is 10.9 Å². The number of ether oxygens (including phenoxy) is 2. The van der Waals surface area contributed by atoms with Crippen molar-refractivity contribution in [3.8, 4) is 23.1 Å². The zero-order valence-electron chi connectivity index (χ0n) is 21.5. The zero-order chi connectivity index (χ0) is 25.8. The van der Waals surface area contributed by atoms with Crippen LogP contribution in [0.25, 0.3) is 33.6 Å². The second kappa shape index (κ2) is 11.2. The standard InChI is InChI=1S/C29H31N3O4S/c1-4-5-6-7-8-11-16-35-23-15-14-20(17-24(23)34-3)18-25-28(33)32-29(37-25)30-27(31-32)26-19(2)21-12-9-10-13-22(21)36-26/h9-10,12-15,17-18H,4-8,11,16H2,1-3H3/b25-18+. The van der Waals surface area contributed by atoms with E-state index in [4.69, 9.17) is 13.9 Å². The largest absolute Gasteiger partial charge is 0.493 e. The number of rotatable bonds is 11. The first-order valence-electron chi connectivity index (χ1n) is 12.8. The van der Waals surface area contributed by atoms with E-state index in [1.807, 2.05) is 55.5 Å². The molecule has 5 rings (SSSR count). The van der Waals surface area contributed by atoms with Gasteiger partial charge in [-0.25, -0.2) is 0 Å². The van der Waals surface area contributed by atoms with E-state index in [0.717, 1.165) is 28.5 Å². The number of furan rings is 1. The molecule has 0 bridgehead atoms. The lowest BCUT2D eigenvalue weighted by Gasteiger charge is -2.11. The number of thiazole rings is 1. The molecule has 0 spiro atoms. The van der Waals surface area contributed by atoms with Crippen LogP contribution in [0.4, 0.5) is 0 Å². The third-order valence-corrected chi connectivity index (χ3v) is 7.43. The summed E-state index contributed by atoms with van der Waals surface area (Å²) in [5, 5.41) is 5.47. The monoisotopic (exact) mass is 517 g/mol. The summed E-state index contributed by atoms with van der Waals surface area (Å²) in [4.78, 5) is 18.2. The molecule has 0 atom stereocenters. The highest BCUT2D eigenvalue weighted by Gasteiger charge is 2.19. The van der Waals surface area contributed by atoms with Crippen molar-refractivity contribution in [3.05, 3.63) is 68.5 Å². The van der Waals surface area contributed by atoms with Crippen LogP contribution in [0, 0.1) is 6.92 Å². The highest BCUT2D eigenvalue weighted by atomic mass is 32.1. The first kappa shape index (κ1) is 25.0. The van der Waals surface area contributed by atoms with Crippen LogP contribution in [0.3, 0.4) is 0 Å². The summed E-state index contributed by atoms with van der Waals surface area (Å²) in [6.45, 7) is 4.86. The number of fused-ring (bicyclic) bond motifs is 2. The number of benzene rings is 2. The van der Waals surface area contributed by atoms with Gasteiger partial charge in [0.15, 0.2) is 17.3 Å². The van der Waals surface area contributed by atoms with E-state index in [0.29, 0.717) is 39.2 Å². The molecule has 0 unspecified atom stereocenters. The Morgan fingerprint density at radius 2 is 1.86 bits per heavy atom. The fourth-order valence-corrected chi connectivity index (χ4v) is 5.33. The van der Waals surface area contributed by atoms with Crippen LogP contribution in [0.5, 0.6) is 11.5 Å². The smallest absolute Gasteiger partial charge is 0.291 e. The predicted octanol–water partition coefficient (Wildman–Crippen LogP) is 6.17. The number of aromatic nitrogens is 3. The number of para-hydroxylation sites is 1. The Balaban J connectivity index is 1.34. The summed E-state index contributed by atoms with van der Waals surface area (Å²) in [5.74, 6) is 2.36. The minimum absolute atomic E-state index is 0.213. The molecule has 8 heteroatoms. The Hall–Kier alpha value is -3.65. The molecule has 37 heavy (non-hydrogen) atoms. The van der Waals surface area contributed by atoms with Gasteiger partial charge in [0.05, 0.1) is 18.2 Å². The van der Waals surface area contributed by atoms with Gasteiger partial charge in [-0.15, -0.1) is 5.10 Å². The lowest BCUT2D eigenvalue weighted by atomic mass is 10.1. The molecule has 0 fully saturated rings. The fraction of sp³-hybridized carbons (Fsp3) is 0.345. The van der Waals surface area contributed by atoms with Crippen molar-refractivity contribution in [2.24, 2.45) is 0 Å². The number of nitrogens with zero attached hydrogens (tertiary/aromatic N) is 3. The van der Waals surface area contributed by atoms with E-state index >= 15 is 0 Å². The molecular weight excluding hydrogens is 486 g/mol.